The van der Waals surface area contributed by atoms with Crippen molar-refractivity contribution in [2.24, 2.45) is 5.73 Å². The summed E-state index contributed by atoms with van der Waals surface area (Å²) in [6.45, 7) is 2.74. The Morgan fingerprint density at radius 1 is 1.26 bits per heavy atom. The quantitative estimate of drug-likeness (QED) is 0.778. The molecule has 0 aliphatic heterocycles. The molecule has 4 nitrogen and oxygen atoms in total. The minimum Gasteiger partial charge on any atom is -0.458 e. The third-order valence-electron chi connectivity index (χ3n) is 3.11. The first-order chi connectivity index (χ1) is 9.22. The lowest BCUT2D eigenvalue weighted by Crippen LogP contribution is -2.14. The first kappa shape index (κ1) is 14.1. The van der Waals surface area contributed by atoms with Crippen molar-refractivity contribution < 1.29 is 9.15 Å². The minimum absolute atomic E-state index is 0.480. The Balaban J connectivity index is 1.96. The van der Waals surface area contributed by atoms with Crippen LogP contribution in [0.2, 0.25) is 0 Å². The number of fused-ring (bicyclic) bond motifs is 1. The molecule has 2 N–H and O–H groups in total. The van der Waals surface area contributed by atoms with E-state index in [1.54, 1.807) is 0 Å². The lowest BCUT2D eigenvalue weighted by atomic mass is 10.1. The van der Waals surface area contributed by atoms with Crippen LogP contribution in [0, 0.1) is 0 Å². The number of benzene rings is 1. The van der Waals surface area contributed by atoms with E-state index in [1.807, 2.05) is 24.3 Å². The standard InChI is InChI=1S/C15H22N2O2/c1-17(2)8-5-9-18-11-15-13(10-16)12-6-3-4-7-14(12)19-15/h3-4,6-7H,5,8-11,16H2,1-2H3. The van der Waals surface area contributed by atoms with E-state index in [0.717, 1.165) is 41.9 Å². The van der Waals surface area contributed by atoms with Gasteiger partial charge in [-0.25, -0.2) is 0 Å². The molecule has 0 aliphatic rings. The number of hydrogen-bond donors (Lipinski definition) is 1. The van der Waals surface area contributed by atoms with Gasteiger partial charge in [0.15, 0.2) is 0 Å². The summed E-state index contributed by atoms with van der Waals surface area (Å²) in [5.74, 6) is 0.855. The van der Waals surface area contributed by atoms with Gasteiger partial charge < -0.3 is 19.8 Å². The van der Waals surface area contributed by atoms with Crippen LogP contribution < -0.4 is 5.73 Å². The van der Waals surface area contributed by atoms with Crippen molar-refractivity contribution in [3.05, 3.63) is 35.6 Å². The number of nitrogens with zero attached hydrogens (tertiary/aromatic N) is 1. The molecule has 0 saturated heterocycles. The van der Waals surface area contributed by atoms with Gasteiger partial charge in [-0.05, 0) is 33.1 Å². The van der Waals surface area contributed by atoms with Gasteiger partial charge in [0.2, 0.25) is 0 Å². The highest BCUT2D eigenvalue weighted by Crippen LogP contribution is 2.25. The summed E-state index contributed by atoms with van der Waals surface area (Å²) in [5, 5.41) is 1.09. The molecule has 2 aromatic rings. The van der Waals surface area contributed by atoms with E-state index in [-0.39, 0.29) is 0 Å². The molecular weight excluding hydrogens is 240 g/mol. The maximum Gasteiger partial charge on any atom is 0.135 e. The van der Waals surface area contributed by atoms with Crippen molar-refractivity contribution >= 4 is 11.0 Å². The summed E-state index contributed by atoms with van der Waals surface area (Å²) in [7, 11) is 4.12. The molecule has 0 aliphatic carbocycles. The Labute approximate surface area is 114 Å². The number of para-hydroxylation sites is 1. The molecule has 1 aromatic carbocycles. The molecular formula is C15H22N2O2. The van der Waals surface area contributed by atoms with Crippen LogP contribution in [-0.2, 0) is 17.9 Å². The molecule has 0 bridgehead atoms. The van der Waals surface area contributed by atoms with E-state index in [2.05, 4.69) is 19.0 Å². The molecule has 104 valence electrons. The van der Waals surface area contributed by atoms with E-state index in [1.165, 1.54) is 0 Å². The van der Waals surface area contributed by atoms with E-state index in [0.29, 0.717) is 13.2 Å². The first-order valence-electron chi connectivity index (χ1n) is 6.64. The van der Waals surface area contributed by atoms with Gasteiger partial charge in [-0.3, -0.25) is 0 Å². The highest BCUT2D eigenvalue weighted by atomic mass is 16.5. The maximum absolute atomic E-state index is 5.81. The topological polar surface area (TPSA) is 51.6 Å². The Morgan fingerprint density at radius 2 is 2.05 bits per heavy atom. The van der Waals surface area contributed by atoms with Gasteiger partial charge in [0, 0.05) is 24.1 Å². The number of ether oxygens (including phenoxy) is 1. The SMILES string of the molecule is CN(C)CCCOCc1oc2ccccc2c1CN. The monoisotopic (exact) mass is 262 g/mol. The molecule has 0 unspecified atom stereocenters. The molecule has 0 radical (unpaired) electrons. The highest BCUT2D eigenvalue weighted by Gasteiger charge is 2.12. The molecule has 0 fully saturated rings. The van der Waals surface area contributed by atoms with E-state index in [4.69, 9.17) is 14.9 Å². The molecule has 1 aromatic heterocycles. The zero-order chi connectivity index (χ0) is 13.7. The molecule has 0 atom stereocenters. The predicted molar refractivity (Wildman–Crippen MR) is 76.9 cm³/mol. The van der Waals surface area contributed by atoms with E-state index in [9.17, 15) is 0 Å². The number of hydrogen-bond acceptors (Lipinski definition) is 4. The highest BCUT2D eigenvalue weighted by molar-refractivity contribution is 5.82. The third-order valence-corrected chi connectivity index (χ3v) is 3.11. The zero-order valence-electron chi connectivity index (χ0n) is 11.7. The van der Waals surface area contributed by atoms with Crippen LogP contribution in [0.4, 0.5) is 0 Å². The van der Waals surface area contributed by atoms with Crippen molar-refractivity contribution in [3.8, 4) is 0 Å². The lowest BCUT2D eigenvalue weighted by Gasteiger charge is -2.09. The van der Waals surface area contributed by atoms with Gasteiger partial charge in [-0.1, -0.05) is 18.2 Å². The molecule has 1 heterocycles. The summed E-state index contributed by atoms with van der Waals surface area (Å²) < 4.78 is 11.5. The van der Waals surface area contributed by atoms with E-state index >= 15 is 0 Å². The fourth-order valence-corrected chi connectivity index (χ4v) is 2.14. The number of nitrogens with two attached hydrogens (primary N) is 1. The van der Waals surface area contributed by atoms with E-state index < -0.39 is 0 Å². The van der Waals surface area contributed by atoms with Gasteiger partial charge in [0.1, 0.15) is 18.0 Å². The van der Waals surface area contributed by atoms with Crippen molar-refractivity contribution in [2.45, 2.75) is 19.6 Å². The zero-order valence-corrected chi connectivity index (χ0v) is 11.7. The normalized spacial score (nSPS) is 11.6. The second-order valence-corrected chi connectivity index (χ2v) is 4.91. The Kier molecular flexibility index (Phi) is 4.96. The van der Waals surface area contributed by atoms with Crippen LogP contribution in [-0.4, -0.2) is 32.1 Å². The van der Waals surface area contributed by atoms with Crippen LogP contribution in [0.3, 0.4) is 0 Å². The van der Waals surface area contributed by atoms with Gasteiger partial charge in [0.25, 0.3) is 0 Å². The predicted octanol–water partition coefficient (Wildman–Crippen LogP) is 2.36. The Hall–Kier alpha value is -1.36. The molecule has 2 rings (SSSR count). The average molecular weight is 262 g/mol. The van der Waals surface area contributed by atoms with Crippen LogP contribution >= 0.6 is 0 Å². The summed E-state index contributed by atoms with van der Waals surface area (Å²) in [6.07, 6.45) is 1.02. The largest absolute Gasteiger partial charge is 0.458 e. The summed E-state index contributed by atoms with van der Waals surface area (Å²) in [6, 6.07) is 7.97. The molecule has 0 amide bonds. The fourth-order valence-electron chi connectivity index (χ4n) is 2.14. The van der Waals surface area contributed by atoms with Crippen molar-refractivity contribution in [2.75, 3.05) is 27.2 Å². The second kappa shape index (κ2) is 6.70. The maximum atomic E-state index is 5.81. The molecule has 4 heteroatoms. The van der Waals surface area contributed by atoms with Crippen LogP contribution in [0.15, 0.2) is 28.7 Å². The second-order valence-electron chi connectivity index (χ2n) is 4.91. The van der Waals surface area contributed by atoms with Crippen molar-refractivity contribution in [1.29, 1.82) is 0 Å². The van der Waals surface area contributed by atoms with Gasteiger partial charge in [-0.2, -0.15) is 0 Å². The van der Waals surface area contributed by atoms with Crippen molar-refractivity contribution in [1.82, 2.24) is 4.90 Å². The van der Waals surface area contributed by atoms with Gasteiger partial charge in [0.05, 0.1) is 0 Å². The van der Waals surface area contributed by atoms with Gasteiger partial charge >= 0.3 is 0 Å². The number of rotatable bonds is 7. The first-order valence-corrected chi connectivity index (χ1v) is 6.64. The molecule has 19 heavy (non-hydrogen) atoms. The third kappa shape index (κ3) is 3.56. The number of furan rings is 1. The smallest absolute Gasteiger partial charge is 0.135 e. The van der Waals surface area contributed by atoms with Crippen LogP contribution in [0.1, 0.15) is 17.7 Å². The molecule has 0 saturated carbocycles. The summed E-state index contributed by atoms with van der Waals surface area (Å²) in [4.78, 5) is 2.15. The lowest BCUT2D eigenvalue weighted by molar-refractivity contribution is 0.0998. The summed E-state index contributed by atoms with van der Waals surface area (Å²) >= 11 is 0. The fraction of sp³-hybridized carbons (Fsp3) is 0.467. The molecule has 0 spiro atoms. The minimum atomic E-state index is 0.480. The Morgan fingerprint density at radius 3 is 2.79 bits per heavy atom. The van der Waals surface area contributed by atoms with Crippen molar-refractivity contribution in [3.63, 3.8) is 0 Å². The summed E-state index contributed by atoms with van der Waals surface area (Å²) in [5.41, 5.74) is 7.75. The Bertz CT molecular complexity index is 520. The van der Waals surface area contributed by atoms with Gasteiger partial charge in [-0.15, -0.1) is 0 Å². The van der Waals surface area contributed by atoms with Crippen LogP contribution in [0.25, 0.3) is 11.0 Å². The average Bonchev–Trinajstić information content (AvgIpc) is 2.75. The van der Waals surface area contributed by atoms with Crippen LogP contribution in [0.5, 0.6) is 0 Å².